The van der Waals surface area contributed by atoms with E-state index in [2.05, 4.69) is 24.2 Å². The molecule has 0 amide bonds. The minimum atomic E-state index is -0.441. The average molecular weight is 242 g/mol. The molecule has 1 N–H and O–H groups in total. The van der Waals surface area contributed by atoms with Gasteiger partial charge in [0.15, 0.2) is 0 Å². The zero-order valence-corrected chi connectivity index (χ0v) is 11.6. The summed E-state index contributed by atoms with van der Waals surface area (Å²) in [4.78, 5) is 14.3. The summed E-state index contributed by atoms with van der Waals surface area (Å²) in [6.45, 7) is 4.25. The Labute approximate surface area is 105 Å². The van der Waals surface area contributed by atoms with E-state index in [9.17, 15) is 4.79 Å². The van der Waals surface area contributed by atoms with Crippen LogP contribution >= 0.6 is 0 Å². The predicted octanol–water partition coefficient (Wildman–Crippen LogP) is 1.26. The number of methoxy groups -OCH3 is 1. The van der Waals surface area contributed by atoms with E-state index in [1.54, 1.807) is 0 Å². The summed E-state index contributed by atoms with van der Waals surface area (Å²) in [7, 11) is 5.47. The number of carbonyl (C=O) groups excluding carboxylic acids is 1. The number of rotatable bonds is 6. The van der Waals surface area contributed by atoms with E-state index in [-0.39, 0.29) is 5.97 Å². The number of likely N-dealkylation sites (N-methyl/N-ethyl adjacent to an activating group) is 1. The molecule has 100 valence electrons. The number of hydrogen-bond donors (Lipinski definition) is 1. The quantitative estimate of drug-likeness (QED) is 0.712. The molecule has 1 fully saturated rings. The number of ether oxygens (including phenoxy) is 1. The maximum atomic E-state index is 12.0. The van der Waals surface area contributed by atoms with Gasteiger partial charge < -0.3 is 15.0 Å². The highest BCUT2D eigenvalue weighted by Crippen LogP contribution is 2.38. The van der Waals surface area contributed by atoms with Gasteiger partial charge in [-0.05, 0) is 52.4 Å². The van der Waals surface area contributed by atoms with Crippen LogP contribution in [0.1, 0.15) is 32.6 Å². The van der Waals surface area contributed by atoms with Crippen LogP contribution in [0.25, 0.3) is 0 Å². The smallest absolute Gasteiger partial charge is 0.326 e. The fourth-order valence-corrected chi connectivity index (χ4v) is 2.88. The lowest BCUT2D eigenvalue weighted by molar-refractivity contribution is -0.150. The molecule has 2 unspecified atom stereocenters. The van der Waals surface area contributed by atoms with Gasteiger partial charge in [-0.15, -0.1) is 0 Å². The van der Waals surface area contributed by atoms with Crippen molar-refractivity contribution in [3.63, 3.8) is 0 Å². The van der Waals surface area contributed by atoms with Gasteiger partial charge in [-0.3, -0.25) is 4.79 Å². The zero-order chi connectivity index (χ0) is 12.9. The molecule has 0 saturated heterocycles. The highest BCUT2D eigenvalue weighted by atomic mass is 16.5. The molecule has 1 saturated carbocycles. The van der Waals surface area contributed by atoms with Crippen molar-refractivity contribution in [1.29, 1.82) is 0 Å². The van der Waals surface area contributed by atoms with Crippen molar-refractivity contribution >= 4 is 5.97 Å². The molecule has 0 aromatic heterocycles. The molecule has 0 aromatic carbocycles. The lowest BCUT2D eigenvalue weighted by Crippen LogP contribution is -2.54. The highest BCUT2D eigenvalue weighted by Gasteiger charge is 2.48. The Hall–Kier alpha value is -0.610. The van der Waals surface area contributed by atoms with Crippen molar-refractivity contribution in [3.8, 4) is 0 Å². The SMILES string of the molecule is CCN(C)CCC1CCCC1(NC)C(=O)OC. The van der Waals surface area contributed by atoms with Crippen molar-refractivity contribution in [1.82, 2.24) is 10.2 Å². The molecule has 1 aliphatic rings. The van der Waals surface area contributed by atoms with Crippen LogP contribution < -0.4 is 5.32 Å². The third-order valence-electron chi connectivity index (χ3n) is 4.22. The summed E-state index contributed by atoms with van der Waals surface area (Å²) in [5.74, 6) is 0.301. The zero-order valence-electron chi connectivity index (χ0n) is 11.6. The fourth-order valence-electron chi connectivity index (χ4n) is 2.88. The molecule has 0 spiro atoms. The van der Waals surface area contributed by atoms with Gasteiger partial charge in [0, 0.05) is 0 Å². The summed E-state index contributed by atoms with van der Waals surface area (Å²) in [5.41, 5.74) is -0.441. The maximum absolute atomic E-state index is 12.0. The number of hydrogen-bond acceptors (Lipinski definition) is 4. The van der Waals surface area contributed by atoms with Gasteiger partial charge in [-0.25, -0.2) is 0 Å². The molecule has 1 aliphatic carbocycles. The first-order chi connectivity index (χ1) is 8.10. The van der Waals surface area contributed by atoms with Crippen molar-refractivity contribution < 1.29 is 9.53 Å². The molecular formula is C13H26N2O2. The highest BCUT2D eigenvalue weighted by molar-refractivity contribution is 5.81. The molecular weight excluding hydrogens is 216 g/mol. The second-order valence-electron chi connectivity index (χ2n) is 4.99. The van der Waals surface area contributed by atoms with Gasteiger partial charge in [0.1, 0.15) is 5.54 Å². The van der Waals surface area contributed by atoms with Gasteiger partial charge in [0.25, 0.3) is 0 Å². The van der Waals surface area contributed by atoms with Crippen LogP contribution in [-0.2, 0) is 9.53 Å². The van der Waals surface area contributed by atoms with Gasteiger partial charge in [-0.1, -0.05) is 13.3 Å². The maximum Gasteiger partial charge on any atom is 0.326 e. The van der Waals surface area contributed by atoms with E-state index >= 15 is 0 Å². The molecule has 0 bridgehead atoms. The van der Waals surface area contributed by atoms with E-state index in [0.717, 1.165) is 38.8 Å². The third kappa shape index (κ3) is 2.99. The summed E-state index contributed by atoms with van der Waals surface area (Å²) >= 11 is 0. The largest absolute Gasteiger partial charge is 0.468 e. The normalized spacial score (nSPS) is 28.6. The second-order valence-corrected chi connectivity index (χ2v) is 4.99. The average Bonchev–Trinajstić information content (AvgIpc) is 2.78. The third-order valence-corrected chi connectivity index (χ3v) is 4.22. The topological polar surface area (TPSA) is 41.6 Å². The minimum absolute atomic E-state index is 0.0957. The minimum Gasteiger partial charge on any atom is -0.468 e. The molecule has 0 radical (unpaired) electrons. The molecule has 2 atom stereocenters. The monoisotopic (exact) mass is 242 g/mol. The molecule has 0 aliphatic heterocycles. The molecule has 17 heavy (non-hydrogen) atoms. The van der Waals surface area contributed by atoms with Crippen molar-refractivity contribution in [3.05, 3.63) is 0 Å². The van der Waals surface area contributed by atoms with E-state index < -0.39 is 5.54 Å². The number of nitrogens with zero attached hydrogens (tertiary/aromatic N) is 1. The molecule has 4 heteroatoms. The Morgan fingerprint density at radius 1 is 1.59 bits per heavy atom. The summed E-state index contributed by atoms with van der Waals surface area (Å²) in [6.07, 6.45) is 4.18. The van der Waals surface area contributed by atoms with Crippen molar-refractivity contribution in [2.24, 2.45) is 5.92 Å². The second kappa shape index (κ2) is 6.36. The Morgan fingerprint density at radius 2 is 2.29 bits per heavy atom. The van der Waals surface area contributed by atoms with Crippen LogP contribution in [0.5, 0.6) is 0 Å². The number of nitrogens with one attached hydrogen (secondary N) is 1. The van der Waals surface area contributed by atoms with Crippen LogP contribution in [0.3, 0.4) is 0 Å². The predicted molar refractivity (Wildman–Crippen MR) is 68.9 cm³/mol. The number of carbonyl (C=O) groups is 1. The Kier molecular flexibility index (Phi) is 5.40. The van der Waals surface area contributed by atoms with Gasteiger partial charge >= 0.3 is 5.97 Å². The Bertz CT molecular complexity index is 258. The summed E-state index contributed by atoms with van der Waals surface area (Å²) in [6, 6.07) is 0. The Balaban J connectivity index is 2.66. The van der Waals surface area contributed by atoms with Crippen molar-refractivity contribution in [2.45, 2.75) is 38.1 Å². The van der Waals surface area contributed by atoms with Gasteiger partial charge in [-0.2, -0.15) is 0 Å². The van der Waals surface area contributed by atoms with Crippen LogP contribution in [-0.4, -0.2) is 50.7 Å². The summed E-state index contributed by atoms with van der Waals surface area (Å²) in [5, 5.41) is 3.23. The fraction of sp³-hybridized carbons (Fsp3) is 0.923. The lowest BCUT2D eigenvalue weighted by atomic mass is 9.84. The van der Waals surface area contributed by atoms with E-state index in [1.807, 2.05) is 7.05 Å². The van der Waals surface area contributed by atoms with Crippen molar-refractivity contribution in [2.75, 3.05) is 34.3 Å². The molecule has 0 aromatic rings. The standard InChI is InChI=1S/C13H26N2O2/c1-5-15(3)10-8-11-7-6-9-13(11,14-2)12(16)17-4/h11,14H,5-10H2,1-4H3. The first kappa shape index (κ1) is 14.5. The van der Waals surface area contributed by atoms with Crippen LogP contribution in [0.15, 0.2) is 0 Å². The van der Waals surface area contributed by atoms with Crippen LogP contribution in [0, 0.1) is 5.92 Å². The summed E-state index contributed by atoms with van der Waals surface area (Å²) < 4.78 is 4.98. The Morgan fingerprint density at radius 3 is 2.82 bits per heavy atom. The first-order valence-electron chi connectivity index (χ1n) is 6.56. The van der Waals surface area contributed by atoms with E-state index in [1.165, 1.54) is 7.11 Å². The molecule has 4 nitrogen and oxygen atoms in total. The first-order valence-corrected chi connectivity index (χ1v) is 6.56. The molecule has 0 heterocycles. The number of esters is 1. The van der Waals surface area contributed by atoms with Gasteiger partial charge in [0.2, 0.25) is 0 Å². The van der Waals surface area contributed by atoms with E-state index in [4.69, 9.17) is 4.74 Å². The van der Waals surface area contributed by atoms with Gasteiger partial charge in [0.05, 0.1) is 7.11 Å². The lowest BCUT2D eigenvalue weighted by Gasteiger charge is -2.33. The van der Waals surface area contributed by atoms with Crippen LogP contribution in [0.2, 0.25) is 0 Å². The van der Waals surface area contributed by atoms with E-state index in [0.29, 0.717) is 5.92 Å². The van der Waals surface area contributed by atoms with Crippen LogP contribution in [0.4, 0.5) is 0 Å². The molecule has 1 rings (SSSR count).